The molecule has 0 radical (unpaired) electrons. The number of ether oxygens (including phenoxy) is 1. The lowest BCUT2D eigenvalue weighted by atomic mass is 10.2. The Morgan fingerprint density at radius 2 is 2.24 bits per heavy atom. The van der Waals surface area contributed by atoms with Crippen LogP contribution in [0.25, 0.3) is 11.0 Å². The minimum absolute atomic E-state index is 0.0827. The number of hydrogen-bond acceptors (Lipinski definition) is 3. The Kier molecular flexibility index (Phi) is 3.41. The number of benzene rings is 1. The number of imidazole rings is 1. The van der Waals surface area contributed by atoms with E-state index in [1.807, 2.05) is 18.4 Å². The first kappa shape index (κ1) is 14.0. The van der Waals surface area contributed by atoms with Crippen LogP contribution >= 0.6 is 0 Å². The van der Waals surface area contributed by atoms with Crippen molar-refractivity contribution in [3.8, 4) is 0 Å². The summed E-state index contributed by atoms with van der Waals surface area (Å²) in [5.41, 5.74) is 1.41. The summed E-state index contributed by atoms with van der Waals surface area (Å²) >= 11 is 0. The third-order valence-corrected chi connectivity index (χ3v) is 3.78. The molecule has 0 saturated carbocycles. The van der Waals surface area contributed by atoms with Crippen LogP contribution in [-0.4, -0.2) is 26.7 Å². The van der Waals surface area contributed by atoms with E-state index >= 15 is 0 Å². The number of carboxylic acids is 1. The molecule has 3 rings (SSSR count). The van der Waals surface area contributed by atoms with Crippen molar-refractivity contribution in [2.45, 2.75) is 44.9 Å². The molecule has 1 aliphatic heterocycles. The van der Waals surface area contributed by atoms with Crippen LogP contribution in [-0.2, 0) is 9.53 Å². The fourth-order valence-corrected chi connectivity index (χ4v) is 2.86. The fourth-order valence-electron chi connectivity index (χ4n) is 2.86. The van der Waals surface area contributed by atoms with Gasteiger partial charge in [-0.25, -0.2) is 14.2 Å². The Labute approximate surface area is 121 Å². The molecule has 1 saturated heterocycles. The molecule has 2 atom stereocenters. The Morgan fingerprint density at radius 1 is 1.48 bits per heavy atom. The smallest absolute Gasteiger partial charge is 0.332 e. The molecule has 0 aliphatic carbocycles. The van der Waals surface area contributed by atoms with Gasteiger partial charge in [0.25, 0.3) is 0 Å². The summed E-state index contributed by atoms with van der Waals surface area (Å²) in [5.74, 6) is -0.586. The number of aromatic nitrogens is 2. The first-order valence-corrected chi connectivity index (χ1v) is 7.03. The van der Waals surface area contributed by atoms with Crippen LogP contribution in [0.15, 0.2) is 18.2 Å². The zero-order valence-electron chi connectivity index (χ0n) is 11.9. The molecule has 2 unspecified atom stereocenters. The number of carboxylic acid groups (broad SMARTS) is 1. The molecule has 6 heteroatoms. The summed E-state index contributed by atoms with van der Waals surface area (Å²) < 4.78 is 21.0. The van der Waals surface area contributed by atoms with Gasteiger partial charge in [-0.3, -0.25) is 0 Å². The molecule has 1 aromatic carbocycles. The second-order valence-corrected chi connectivity index (χ2v) is 5.60. The fraction of sp³-hybridized carbons (Fsp3) is 0.467. The topological polar surface area (TPSA) is 64.4 Å². The zero-order chi connectivity index (χ0) is 15.1. The average Bonchev–Trinajstić information content (AvgIpc) is 3.01. The number of carbonyl (C=O) groups is 1. The molecule has 2 heterocycles. The monoisotopic (exact) mass is 292 g/mol. The van der Waals surface area contributed by atoms with Gasteiger partial charge in [-0.1, -0.05) is 0 Å². The third-order valence-electron chi connectivity index (χ3n) is 3.78. The minimum atomic E-state index is -0.948. The zero-order valence-corrected chi connectivity index (χ0v) is 11.9. The Bertz CT molecular complexity index is 696. The van der Waals surface area contributed by atoms with E-state index in [-0.39, 0.29) is 18.0 Å². The van der Waals surface area contributed by atoms with E-state index in [0.29, 0.717) is 29.7 Å². The van der Waals surface area contributed by atoms with Crippen LogP contribution in [0.2, 0.25) is 0 Å². The Balaban J connectivity index is 2.06. The highest BCUT2D eigenvalue weighted by Crippen LogP contribution is 2.35. The van der Waals surface area contributed by atoms with E-state index in [2.05, 4.69) is 4.98 Å². The van der Waals surface area contributed by atoms with Gasteiger partial charge in [0.05, 0.1) is 11.0 Å². The summed E-state index contributed by atoms with van der Waals surface area (Å²) in [4.78, 5) is 15.5. The summed E-state index contributed by atoms with van der Waals surface area (Å²) in [5, 5.41) is 9.03. The van der Waals surface area contributed by atoms with Crippen molar-refractivity contribution in [2.24, 2.45) is 0 Å². The van der Waals surface area contributed by atoms with Crippen molar-refractivity contribution in [3.05, 3.63) is 29.8 Å². The normalized spacial score (nSPS) is 22.3. The number of fused-ring (bicyclic) bond motifs is 1. The van der Waals surface area contributed by atoms with Crippen LogP contribution < -0.4 is 0 Å². The van der Waals surface area contributed by atoms with Gasteiger partial charge in [0.2, 0.25) is 0 Å². The molecule has 0 bridgehead atoms. The maximum Gasteiger partial charge on any atom is 0.332 e. The molecule has 5 nitrogen and oxygen atoms in total. The molecular weight excluding hydrogens is 275 g/mol. The predicted molar refractivity (Wildman–Crippen MR) is 74.6 cm³/mol. The highest BCUT2D eigenvalue weighted by Gasteiger charge is 2.34. The van der Waals surface area contributed by atoms with E-state index in [1.54, 1.807) is 6.07 Å². The maximum atomic E-state index is 13.5. The first-order chi connectivity index (χ1) is 9.97. The summed E-state index contributed by atoms with van der Waals surface area (Å²) in [6.07, 6.45) is -0.0679. The van der Waals surface area contributed by atoms with E-state index in [1.165, 1.54) is 12.1 Å². The summed E-state index contributed by atoms with van der Waals surface area (Å²) in [6, 6.07) is 4.55. The van der Waals surface area contributed by atoms with E-state index in [0.717, 1.165) is 0 Å². The minimum Gasteiger partial charge on any atom is -0.479 e. The van der Waals surface area contributed by atoms with Gasteiger partial charge in [0, 0.05) is 6.04 Å². The highest BCUT2D eigenvalue weighted by atomic mass is 19.1. The molecule has 2 aromatic rings. The van der Waals surface area contributed by atoms with Crippen molar-refractivity contribution < 1.29 is 19.0 Å². The lowest BCUT2D eigenvalue weighted by Gasteiger charge is -2.17. The van der Waals surface area contributed by atoms with Crippen molar-refractivity contribution >= 4 is 17.0 Å². The van der Waals surface area contributed by atoms with E-state index in [9.17, 15) is 9.18 Å². The summed E-state index contributed by atoms with van der Waals surface area (Å²) in [6.45, 7) is 3.97. The molecular formula is C15H17FN2O3. The van der Waals surface area contributed by atoms with Gasteiger partial charge in [-0.15, -0.1) is 0 Å². The largest absolute Gasteiger partial charge is 0.479 e. The molecule has 0 spiro atoms. The summed E-state index contributed by atoms with van der Waals surface area (Å²) in [7, 11) is 0. The molecule has 1 fully saturated rings. The SMILES string of the molecule is CC(C)n1c(C2CCC(C(=O)O)O2)nc2ccc(F)cc21. The van der Waals surface area contributed by atoms with Crippen LogP contribution in [0.3, 0.4) is 0 Å². The Morgan fingerprint density at radius 3 is 2.86 bits per heavy atom. The standard InChI is InChI=1S/C15H17FN2O3/c1-8(2)18-11-7-9(16)3-4-10(11)17-14(18)12-5-6-13(21-12)15(19)20/h3-4,7-8,12-13H,5-6H2,1-2H3,(H,19,20). The number of rotatable bonds is 3. The quantitative estimate of drug-likeness (QED) is 0.944. The molecule has 1 N–H and O–H groups in total. The number of aliphatic carboxylic acids is 1. The van der Waals surface area contributed by atoms with Gasteiger partial charge in [0.1, 0.15) is 17.7 Å². The van der Waals surface area contributed by atoms with Crippen LogP contribution in [0, 0.1) is 5.82 Å². The lowest BCUT2D eigenvalue weighted by Crippen LogP contribution is -2.19. The molecule has 1 aliphatic rings. The van der Waals surface area contributed by atoms with Gasteiger partial charge in [0.15, 0.2) is 6.10 Å². The van der Waals surface area contributed by atoms with E-state index < -0.39 is 12.1 Å². The van der Waals surface area contributed by atoms with Crippen molar-refractivity contribution in [1.82, 2.24) is 9.55 Å². The van der Waals surface area contributed by atoms with Crippen LogP contribution in [0.1, 0.15) is 44.7 Å². The molecule has 0 amide bonds. The van der Waals surface area contributed by atoms with Crippen molar-refractivity contribution in [2.75, 3.05) is 0 Å². The number of halogens is 1. The molecule has 1 aromatic heterocycles. The van der Waals surface area contributed by atoms with Gasteiger partial charge >= 0.3 is 5.97 Å². The van der Waals surface area contributed by atoms with Crippen molar-refractivity contribution in [1.29, 1.82) is 0 Å². The molecule has 21 heavy (non-hydrogen) atoms. The molecule has 112 valence electrons. The Hall–Kier alpha value is -1.95. The van der Waals surface area contributed by atoms with Gasteiger partial charge < -0.3 is 14.4 Å². The lowest BCUT2D eigenvalue weighted by molar-refractivity contribution is -0.149. The third kappa shape index (κ3) is 2.40. The second kappa shape index (κ2) is 5.11. The van der Waals surface area contributed by atoms with Crippen LogP contribution in [0.5, 0.6) is 0 Å². The van der Waals surface area contributed by atoms with Crippen LogP contribution in [0.4, 0.5) is 4.39 Å². The van der Waals surface area contributed by atoms with Gasteiger partial charge in [-0.2, -0.15) is 0 Å². The predicted octanol–water partition coefficient (Wildman–Crippen LogP) is 3.06. The second-order valence-electron chi connectivity index (χ2n) is 5.60. The van der Waals surface area contributed by atoms with Gasteiger partial charge in [-0.05, 0) is 44.9 Å². The first-order valence-electron chi connectivity index (χ1n) is 7.03. The van der Waals surface area contributed by atoms with E-state index in [4.69, 9.17) is 9.84 Å². The number of nitrogens with zero attached hydrogens (tertiary/aromatic N) is 2. The number of hydrogen-bond donors (Lipinski definition) is 1. The maximum absolute atomic E-state index is 13.5. The average molecular weight is 292 g/mol. The van der Waals surface area contributed by atoms with Crippen molar-refractivity contribution in [3.63, 3.8) is 0 Å². The highest BCUT2D eigenvalue weighted by molar-refractivity contribution is 5.76.